The molecule has 1 aromatic rings. The molecule has 0 aliphatic heterocycles. The fraction of sp³-hybridized carbons (Fsp3) is 0.111. The van der Waals surface area contributed by atoms with E-state index in [1.165, 1.54) is 19.6 Å². The van der Waals surface area contributed by atoms with Gasteiger partial charge in [0.2, 0.25) is 0 Å². The van der Waals surface area contributed by atoms with Crippen LogP contribution in [0.1, 0.15) is 0 Å². The molecule has 0 aliphatic rings. The molecule has 0 aliphatic carbocycles. The summed E-state index contributed by atoms with van der Waals surface area (Å²) in [5, 5.41) is 1.14. The van der Waals surface area contributed by atoms with Crippen molar-refractivity contribution in [1.82, 2.24) is 5.48 Å². The van der Waals surface area contributed by atoms with E-state index in [1.807, 2.05) is 0 Å². The molecule has 6 heteroatoms. The highest BCUT2D eigenvalue weighted by Gasteiger charge is 2.07. The molecule has 0 fully saturated rings. The summed E-state index contributed by atoms with van der Waals surface area (Å²) in [6.45, 7) is 0. The Bertz CT molecular complexity index is 345. The Morgan fingerprint density at radius 2 is 1.80 bits per heavy atom. The molecule has 0 bridgehead atoms. The zero-order valence-corrected chi connectivity index (χ0v) is 10.0. The number of hydrogen-bond donors (Lipinski definition) is 1. The number of hydrogen-bond acceptors (Lipinski definition) is 3. The molecule has 0 radical (unpaired) electrons. The second kappa shape index (κ2) is 6.08. The van der Waals surface area contributed by atoms with Gasteiger partial charge in [-0.1, -0.05) is 34.8 Å². The summed E-state index contributed by atoms with van der Waals surface area (Å²) in [5.41, 5.74) is 2.45. The zero-order valence-electron chi connectivity index (χ0n) is 7.76. The first-order valence-corrected chi connectivity index (χ1v) is 5.03. The summed E-state index contributed by atoms with van der Waals surface area (Å²) in [6, 6.07) is 3.09. The van der Waals surface area contributed by atoms with Gasteiger partial charge in [0.15, 0.2) is 5.75 Å². The first-order chi connectivity index (χ1) is 7.15. The maximum Gasteiger partial charge on any atom is 0.163 e. The molecular formula is C9H8Cl3NO2. The summed E-state index contributed by atoms with van der Waals surface area (Å²) >= 11 is 17.5. The fourth-order valence-corrected chi connectivity index (χ4v) is 1.75. The minimum absolute atomic E-state index is 0.342. The number of ether oxygens (including phenoxy) is 1. The number of rotatable bonds is 4. The standard InChI is InChI=1S/C9H8Cl3NO2/c1-14-13-2-3-15-9-7(11)4-6(10)5-8(9)12/h2-5,13H,1H3. The monoisotopic (exact) mass is 267 g/mol. The van der Waals surface area contributed by atoms with Gasteiger partial charge in [0, 0.05) is 5.02 Å². The molecule has 82 valence electrons. The molecule has 0 saturated heterocycles. The van der Waals surface area contributed by atoms with Gasteiger partial charge in [-0.2, -0.15) is 0 Å². The van der Waals surface area contributed by atoms with Crippen LogP contribution in [0.3, 0.4) is 0 Å². The average Bonchev–Trinajstić information content (AvgIpc) is 2.15. The largest absolute Gasteiger partial charge is 0.460 e. The van der Waals surface area contributed by atoms with Crippen LogP contribution in [0.2, 0.25) is 15.1 Å². The van der Waals surface area contributed by atoms with Crippen LogP contribution in [0.25, 0.3) is 0 Å². The zero-order chi connectivity index (χ0) is 11.3. The van der Waals surface area contributed by atoms with Gasteiger partial charge >= 0.3 is 0 Å². The van der Waals surface area contributed by atoms with Crippen LogP contribution in [0.15, 0.2) is 24.6 Å². The second-order valence-electron chi connectivity index (χ2n) is 2.44. The van der Waals surface area contributed by atoms with Crippen LogP contribution in [0.4, 0.5) is 0 Å². The number of halogens is 3. The molecule has 0 heterocycles. The number of hydroxylamine groups is 1. The third-order valence-electron chi connectivity index (χ3n) is 1.40. The third kappa shape index (κ3) is 3.80. The molecule has 0 atom stereocenters. The van der Waals surface area contributed by atoms with E-state index in [4.69, 9.17) is 39.5 Å². The predicted molar refractivity (Wildman–Crippen MR) is 61.4 cm³/mol. The highest BCUT2D eigenvalue weighted by molar-refractivity contribution is 6.40. The summed E-state index contributed by atoms with van der Waals surface area (Å²) in [7, 11) is 1.48. The highest BCUT2D eigenvalue weighted by Crippen LogP contribution is 2.35. The van der Waals surface area contributed by atoms with Gasteiger partial charge in [-0.05, 0) is 12.1 Å². The number of nitrogens with one attached hydrogen (secondary N) is 1. The van der Waals surface area contributed by atoms with Gasteiger partial charge in [-0.3, -0.25) is 10.3 Å². The summed E-state index contributed by atoms with van der Waals surface area (Å²) < 4.78 is 5.18. The summed E-state index contributed by atoms with van der Waals surface area (Å²) in [4.78, 5) is 4.56. The number of benzene rings is 1. The lowest BCUT2D eigenvalue weighted by Gasteiger charge is -2.05. The van der Waals surface area contributed by atoms with E-state index < -0.39 is 0 Å². The van der Waals surface area contributed by atoms with Gasteiger partial charge in [-0.15, -0.1) is 0 Å². The second-order valence-corrected chi connectivity index (χ2v) is 3.69. The highest BCUT2D eigenvalue weighted by atomic mass is 35.5. The van der Waals surface area contributed by atoms with E-state index in [9.17, 15) is 0 Å². The van der Waals surface area contributed by atoms with Gasteiger partial charge in [-0.25, -0.2) is 0 Å². The minimum Gasteiger partial charge on any atom is -0.460 e. The fourth-order valence-electron chi connectivity index (χ4n) is 0.839. The molecule has 1 N–H and O–H groups in total. The summed E-state index contributed by atoms with van der Waals surface area (Å²) in [6.07, 6.45) is 2.80. The first-order valence-electron chi connectivity index (χ1n) is 3.90. The molecule has 0 saturated carbocycles. The van der Waals surface area contributed by atoms with E-state index in [0.29, 0.717) is 20.8 Å². The average molecular weight is 269 g/mol. The SMILES string of the molecule is CONC=COc1c(Cl)cc(Cl)cc1Cl. The molecule has 3 nitrogen and oxygen atoms in total. The molecule has 0 aromatic heterocycles. The normalized spacial score (nSPS) is 10.7. The van der Waals surface area contributed by atoms with E-state index in [1.54, 1.807) is 12.1 Å². The van der Waals surface area contributed by atoms with Gasteiger partial charge in [0.1, 0.15) is 6.26 Å². The third-order valence-corrected chi connectivity index (χ3v) is 2.18. The first kappa shape index (κ1) is 12.5. The predicted octanol–water partition coefficient (Wildman–Crippen LogP) is 3.65. The Labute approximate surface area is 102 Å². The molecule has 1 aromatic carbocycles. The van der Waals surface area contributed by atoms with Crippen molar-refractivity contribution in [2.45, 2.75) is 0 Å². The Kier molecular flexibility index (Phi) is 5.05. The van der Waals surface area contributed by atoms with Crippen molar-refractivity contribution in [2.75, 3.05) is 7.11 Å². The van der Waals surface area contributed by atoms with Gasteiger partial charge < -0.3 is 4.74 Å². The van der Waals surface area contributed by atoms with Crippen molar-refractivity contribution in [3.05, 3.63) is 39.7 Å². The van der Waals surface area contributed by atoms with Crippen molar-refractivity contribution in [2.24, 2.45) is 0 Å². The van der Waals surface area contributed by atoms with Crippen molar-refractivity contribution < 1.29 is 9.57 Å². The van der Waals surface area contributed by atoms with Gasteiger partial charge in [0.25, 0.3) is 0 Å². The molecule has 0 unspecified atom stereocenters. The Balaban J connectivity index is 2.77. The van der Waals surface area contributed by atoms with Crippen molar-refractivity contribution in [1.29, 1.82) is 0 Å². The Morgan fingerprint density at radius 1 is 1.20 bits per heavy atom. The van der Waals surface area contributed by atoms with Crippen molar-refractivity contribution in [3.63, 3.8) is 0 Å². The molecule has 0 spiro atoms. The van der Waals surface area contributed by atoms with Crippen LogP contribution in [-0.4, -0.2) is 7.11 Å². The van der Waals surface area contributed by atoms with Gasteiger partial charge in [0.05, 0.1) is 23.4 Å². The van der Waals surface area contributed by atoms with E-state index >= 15 is 0 Å². The maximum atomic E-state index is 5.87. The van der Waals surface area contributed by atoms with E-state index in [0.717, 1.165) is 0 Å². The maximum absolute atomic E-state index is 5.87. The quantitative estimate of drug-likeness (QED) is 0.668. The summed E-state index contributed by atoms with van der Waals surface area (Å²) in [5.74, 6) is 0.344. The lowest BCUT2D eigenvalue weighted by Crippen LogP contribution is -2.01. The molecule has 0 amide bonds. The molecule has 15 heavy (non-hydrogen) atoms. The Morgan fingerprint density at radius 3 is 2.33 bits per heavy atom. The van der Waals surface area contributed by atoms with Crippen LogP contribution in [0, 0.1) is 0 Å². The van der Waals surface area contributed by atoms with Crippen LogP contribution < -0.4 is 10.2 Å². The van der Waals surface area contributed by atoms with Crippen molar-refractivity contribution >= 4 is 34.8 Å². The van der Waals surface area contributed by atoms with Crippen LogP contribution in [-0.2, 0) is 4.84 Å². The molecule has 1 rings (SSSR count). The smallest absolute Gasteiger partial charge is 0.163 e. The van der Waals surface area contributed by atoms with E-state index in [2.05, 4.69) is 10.3 Å². The minimum atomic E-state index is 0.342. The Hall–Kier alpha value is -0.610. The lowest BCUT2D eigenvalue weighted by molar-refractivity contribution is 0.126. The van der Waals surface area contributed by atoms with Crippen molar-refractivity contribution in [3.8, 4) is 5.75 Å². The van der Waals surface area contributed by atoms with Crippen LogP contribution >= 0.6 is 34.8 Å². The lowest BCUT2D eigenvalue weighted by atomic mass is 10.3. The molecular weight excluding hydrogens is 260 g/mol. The topological polar surface area (TPSA) is 30.5 Å². The van der Waals surface area contributed by atoms with Crippen LogP contribution in [0.5, 0.6) is 5.75 Å². The van der Waals surface area contributed by atoms with E-state index in [-0.39, 0.29) is 0 Å².